The van der Waals surface area contributed by atoms with Crippen molar-refractivity contribution in [1.29, 1.82) is 0 Å². The summed E-state index contributed by atoms with van der Waals surface area (Å²) >= 11 is 0. The van der Waals surface area contributed by atoms with Gasteiger partial charge in [0.15, 0.2) is 5.82 Å². The van der Waals surface area contributed by atoms with E-state index in [-0.39, 0.29) is 5.95 Å². The molecule has 2 aromatic rings. The number of aryl methyl sites for hydroxylation is 2. The van der Waals surface area contributed by atoms with E-state index in [9.17, 15) is 4.39 Å². The summed E-state index contributed by atoms with van der Waals surface area (Å²) < 4.78 is 14.2. The van der Waals surface area contributed by atoms with Crippen LogP contribution >= 0.6 is 0 Å². The number of benzene rings is 1. The van der Waals surface area contributed by atoms with Gasteiger partial charge in [-0.1, -0.05) is 70.2 Å². The van der Waals surface area contributed by atoms with Crippen LogP contribution in [0.3, 0.4) is 0 Å². The topological polar surface area (TPSA) is 25.8 Å². The summed E-state index contributed by atoms with van der Waals surface area (Å²) in [4.78, 5) is 8.43. The molecule has 0 N–H and O–H groups in total. The molecule has 1 aromatic heterocycles. The fraction of sp³-hybridized carbons (Fsp3) is 0.524. The summed E-state index contributed by atoms with van der Waals surface area (Å²) in [5, 5.41) is 0. The molecule has 3 heteroatoms. The molecule has 0 atom stereocenters. The van der Waals surface area contributed by atoms with Gasteiger partial charge in [-0.3, -0.25) is 0 Å². The first-order chi connectivity index (χ1) is 11.7. The molecule has 0 aliphatic heterocycles. The third-order valence-corrected chi connectivity index (χ3v) is 4.39. The van der Waals surface area contributed by atoms with Crippen LogP contribution in [0.5, 0.6) is 0 Å². The number of hydrogen-bond donors (Lipinski definition) is 0. The first-order valence-corrected chi connectivity index (χ1v) is 9.35. The molecule has 130 valence electrons. The van der Waals surface area contributed by atoms with Gasteiger partial charge in [-0.05, 0) is 31.2 Å². The maximum Gasteiger partial charge on any atom is 0.219 e. The highest BCUT2D eigenvalue weighted by molar-refractivity contribution is 5.55. The molecule has 2 nitrogen and oxygen atoms in total. The van der Waals surface area contributed by atoms with E-state index in [0.717, 1.165) is 31.2 Å². The van der Waals surface area contributed by atoms with Crippen LogP contribution in [0.1, 0.15) is 69.9 Å². The standard InChI is InChI=1S/C21H29FN2/c1-3-5-7-9-11-19-16-23-21(24-20(19)22)18-14-12-17(13-15-18)10-8-6-4-2/h12-16H,3-11H2,1-2H3. The van der Waals surface area contributed by atoms with Crippen LogP contribution in [0.15, 0.2) is 30.5 Å². The molecule has 1 heterocycles. The van der Waals surface area contributed by atoms with Gasteiger partial charge < -0.3 is 0 Å². The van der Waals surface area contributed by atoms with Gasteiger partial charge in [-0.25, -0.2) is 4.98 Å². The van der Waals surface area contributed by atoms with Crippen LogP contribution in [0.2, 0.25) is 0 Å². The zero-order valence-electron chi connectivity index (χ0n) is 15.0. The van der Waals surface area contributed by atoms with Gasteiger partial charge in [0, 0.05) is 17.3 Å². The normalized spacial score (nSPS) is 11.0. The van der Waals surface area contributed by atoms with Gasteiger partial charge in [0.05, 0.1) is 0 Å². The summed E-state index contributed by atoms with van der Waals surface area (Å²) in [5.41, 5.74) is 2.83. The Bertz CT molecular complexity index is 608. The fourth-order valence-corrected chi connectivity index (χ4v) is 2.83. The van der Waals surface area contributed by atoms with Crippen molar-refractivity contribution in [2.24, 2.45) is 0 Å². The second-order valence-electron chi connectivity index (χ2n) is 6.47. The van der Waals surface area contributed by atoms with E-state index in [1.807, 2.05) is 12.1 Å². The highest BCUT2D eigenvalue weighted by atomic mass is 19.1. The van der Waals surface area contributed by atoms with Crippen LogP contribution in [0.25, 0.3) is 11.4 Å². The van der Waals surface area contributed by atoms with E-state index >= 15 is 0 Å². The van der Waals surface area contributed by atoms with Gasteiger partial charge in [-0.2, -0.15) is 9.37 Å². The summed E-state index contributed by atoms with van der Waals surface area (Å²) in [6, 6.07) is 8.20. The quantitative estimate of drug-likeness (QED) is 0.387. The van der Waals surface area contributed by atoms with Gasteiger partial charge in [0.25, 0.3) is 0 Å². The van der Waals surface area contributed by atoms with Gasteiger partial charge in [0.2, 0.25) is 5.95 Å². The van der Waals surface area contributed by atoms with E-state index in [4.69, 9.17) is 0 Å². The highest BCUT2D eigenvalue weighted by Crippen LogP contribution is 2.19. The van der Waals surface area contributed by atoms with Crippen molar-refractivity contribution in [2.45, 2.75) is 71.6 Å². The zero-order chi connectivity index (χ0) is 17.2. The van der Waals surface area contributed by atoms with Crippen LogP contribution in [-0.2, 0) is 12.8 Å². The maximum atomic E-state index is 14.2. The monoisotopic (exact) mass is 328 g/mol. The van der Waals surface area contributed by atoms with Crippen molar-refractivity contribution in [2.75, 3.05) is 0 Å². The number of hydrogen-bond acceptors (Lipinski definition) is 2. The third kappa shape index (κ3) is 5.70. The summed E-state index contributed by atoms with van der Waals surface area (Å²) in [5.74, 6) is 0.105. The summed E-state index contributed by atoms with van der Waals surface area (Å²) in [7, 11) is 0. The number of aromatic nitrogens is 2. The van der Waals surface area contributed by atoms with Crippen LogP contribution in [0.4, 0.5) is 4.39 Å². The number of halogens is 1. The van der Waals surface area contributed by atoms with Crippen molar-refractivity contribution in [3.63, 3.8) is 0 Å². The number of rotatable bonds is 10. The van der Waals surface area contributed by atoms with Crippen LogP contribution < -0.4 is 0 Å². The third-order valence-electron chi connectivity index (χ3n) is 4.39. The van der Waals surface area contributed by atoms with Gasteiger partial charge in [0.1, 0.15) is 0 Å². The molecule has 0 amide bonds. The lowest BCUT2D eigenvalue weighted by Gasteiger charge is -2.06. The van der Waals surface area contributed by atoms with E-state index in [1.165, 1.54) is 37.7 Å². The predicted octanol–water partition coefficient (Wildman–Crippen LogP) is 6.14. The summed E-state index contributed by atoms with van der Waals surface area (Å²) in [6.45, 7) is 4.38. The summed E-state index contributed by atoms with van der Waals surface area (Å²) in [6.07, 6.45) is 11.7. The SMILES string of the molecule is CCCCCCc1cnc(-c2ccc(CCCCC)cc2)nc1F. The maximum absolute atomic E-state index is 14.2. The van der Waals surface area contributed by atoms with Crippen molar-refractivity contribution in [3.05, 3.63) is 47.5 Å². The first-order valence-electron chi connectivity index (χ1n) is 9.35. The Kier molecular flexibility index (Phi) is 7.87. The zero-order valence-corrected chi connectivity index (χ0v) is 15.0. The predicted molar refractivity (Wildman–Crippen MR) is 98.5 cm³/mol. The molecule has 2 rings (SSSR count). The number of nitrogens with zero attached hydrogens (tertiary/aromatic N) is 2. The average molecular weight is 328 g/mol. The fourth-order valence-electron chi connectivity index (χ4n) is 2.83. The van der Waals surface area contributed by atoms with Crippen molar-refractivity contribution >= 4 is 0 Å². The average Bonchev–Trinajstić information content (AvgIpc) is 2.61. The van der Waals surface area contributed by atoms with Crippen LogP contribution in [-0.4, -0.2) is 9.97 Å². The molecular weight excluding hydrogens is 299 g/mol. The number of unbranched alkanes of at least 4 members (excludes halogenated alkanes) is 5. The molecular formula is C21H29FN2. The minimum Gasteiger partial charge on any atom is -0.236 e. The molecule has 24 heavy (non-hydrogen) atoms. The molecule has 0 bridgehead atoms. The first kappa shape index (κ1) is 18.6. The van der Waals surface area contributed by atoms with E-state index in [0.29, 0.717) is 11.4 Å². The molecule has 0 saturated heterocycles. The molecule has 0 fully saturated rings. The van der Waals surface area contributed by atoms with Crippen molar-refractivity contribution < 1.29 is 4.39 Å². The molecule has 0 aliphatic rings. The molecule has 1 aromatic carbocycles. The van der Waals surface area contributed by atoms with E-state index < -0.39 is 0 Å². The Labute approximate surface area is 145 Å². The van der Waals surface area contributed by atoms with Crippen LogP contribution in [0, 0.1) is 5.95 Å². The highest BCUT2D eigenvalue weighted by Gasteiger charge is 2.08. The lowest BCUT2D eigenvalue weighted by molar-refractivity contribution is 0.553. The lowest BCUT2D eigenvalue weighted by Crippen LogP contribution is -1.99. The van der Waals surface area contributed by atoms with Gasteiger partial charge in [-0.15, -0.1) is 0 Å². The van der Waals surface area contributed by atoms with E-state index in [2.05, 4.69) is 35.9 Å². The molecule has 0 saturated carbocycles. The van der Waals surface area contributed by atoms with Crippen molar-refractivity contribution in [1.82, 2.24) is 9.97 Å². The lowest BCUT2D eigenvalue weighted by atomic mass is 10.0. The van der Waals surface area contributed by atoms with E-state index in [1.54, 1.807) is 6.20 Å². The second kappa shape index (κ2) is 10.2. The largest absolute Gasteiger partial charge is 0.236 e. The Morgan fingerprint density at radius 3 is 2.17 bits per heavy atom. The molecule has 0 aliphatic carbocycles. The Morgan fingerprint density at radius 2 is 1.50 bits per heavy atom. The van der Waals surface area contributed by atoms with Crippen molar-refractivity contribution in [3.8, 4) is 11.4 Å². The smallest absolute Gasteiger partial charge is 0.219 e. The Balaban J connectivity index is 1.97. The van der Waals surface area contributed by atoms with Gasteiger partial charge >= 0.3 is 0 Å². The molecule has 0 spiro atoms. The minimum absolute atomic E-state index is 0.372. The molecule has 0 radical (unpaired) electrons. The second-order valence-corrected chi connectivity index (χ2v) is 6.47. The minimum atomic E-state index is -0.372. The Hall–Kier alpha value is -1.77. The molecule has 0 unspecified atom stereocenters. The Morgan fingerprint density at radius 1 is 0.833 bits per heavy atom.